The van der Waals surface area contributed by atoms with E-state index in [9.17, 15) is 14.7 Å². The molecule has 4 aliphatic rings. The molecule has 0 aromatic carbocycles. The maximum Gasteiger partial charge on any atom is 0.330 e. The van der Waals surface area contributed by atoms with Gasteiger partial charge < -0.3 is 23.7 Å². The summed E-state index contributed by atoms with van der Waals surface area (Å²) in [6, 6.07) is 2.02. The number of ether oxygens (including phenoxy) is 3. The number of hydrogen-bond acceptors (Lipinski definition) is 7. The van der Waals surface area contributed by atoms with Gasteiger partial charge in [-0.25, -0.2) is 4.79 Å². The van der Waals surface area contributed by atoms with Gasteiger partial charge in [-0.3, -0.25) is 4.79 Å². The second kappa shape index (κ2) is 7.20. The number of allylic oxidation sites excluding steroid dienone is 1. The van der Waals surface area contributed by atoms with Crippen LogP contribution in [0.2, 0.25) is 0 Å². The molecule has 2 aliphatic heterocycles. The van der Waals surface area contributed by atoms with Gasteiger partial charge in [0, 0.05) is 17.4 Å². The van der Waals surface area contributed by atoms with Crippen molar-refractivity contribution in [3.63, 3.8) is 0 Å². The zero-order valence-corrected chi connectivity index (χ0v) is 20.9. The van der Waals surface area contributed by atoms with Crippen LogP contribution in [0.25, 0.3) is 0 Å². The van der Waals surface area contributed by atoms with Crippen molar-refractivity contribution in [2.75, 3.05) is 7.11 Å². The quantitative estimate of drug-likeness (QED) is 0.519. The van der Waals surface area contributed by atoms with Crippen LogP contribution >= 0.6 is 0 Å². The molecule has 34 heavy (non-hydrogen) atoms. The first-order valence-electron chi connectivity index (χ1n) is 12.2. The van der Waals surface area contributed by atoms with Crippen molar-refractivity contribution in [3.05, 3.63) is 36.3 Å². The molecular formula is C27H36O7. The highest BCUT2D eigenvalue weighted by Crippen LogP contribution is 2.77. The maximum absolute atomic E-state index is 12.5. The molecule has 7 heteroatoms. The highest BCUT2D eigenvalue weighted by atomic mass is 16.6. The van der Waals surface area contributed by atoms with Crippen molar-refractivity contribution in [2.45, 2.75) is 89.1 Å². The molecule has 1 aromatic rings. The van der Waals surface area contributed by atoms with Gasteiger partial charge in [0.25, 0.3) is 0 Å². The van der Waals surface area contributed by atoms with E-state index in [0.29, 0.717) is 0 Å². The van der Waals surface area contributed by atoms with Gasteiger partial charge in [-0.15, -0.1) is 0 Å². The number of aliphatic hydroxyl groups is 1. The summed E-state index contributed by atoms with van der Waals surface area (Å²) in [7, 11) is 1.36. The van der Waals surface area contributed by atoms with Gasteiger partial charge in [0.1, 0.15) is 11.2 Å². The largest absolute Gasteiger partial charge is 0.472 e. The van der Waals surface area contributed by atoms with Gasteiger partial charge in [-0.05, 0) is 68.9 Å². The molecule has 0 radical (unpaired) electrons. The van der Waals surface area contributed by atoms with E-state index in [1.54, 1.807) is 6.26 Å². The molecule has 0 bridgehead atoms. The van der Waals surface area contributed by atoms with Gasteiger partial charge in [-0.2, -0.15) is 0 Å². The summed E-state index contributed by atoms with van der Waals surface area (Å²) in [4.78, 5) is 25.0. The minimum atomic E-state index is -1.19. The predicted molar refractivity (Wildman–Crippen MR) is 123 cm³/mol. The first kappa shape index (κ1) is 23.6. The van der Waals surface area contributed by atoms with Crippen molar-refractivity contribution < 1.29 is 33.3 Å². The fourth-order valence-electron chi connectivity index (χ4n) is 8.45. The lowest BCUT2D eigenvalue weighted by molar-refractivity contribution is -0.199. The molecule has 186 valence electrons. The normalized spacial score (nSPS) is 46.7. The molecule has 1 N–H and O–H groups in total. The van der Waals surface area contributed by atoms with Crippen LogP contribution in [0.5, 0.6) is 0 Å². The SMILES string of the molecule is COC(=O)CC1C(C)(C)OC(=O)C=CC1(C)C1CCC2(C)C(c3ccoc3)CC3OC32C1(C)O. The van der Waals surface area contributed by atoms with Crippen molar-refractivity contribution in [1.82, 2.24) is 0 Å². The molecule has 1 aromatic heterocycles. The molecule has 2 saturated carbocycles. The number of epoxide rings is 1. The van der Waals surface area contributed by atoms with Crippen LogP contribution in [-0.4, -0.2) is 47.1 Å². The summed E-state index contributed by atoms with van der Waals surface area (Å²) < 4.78 is 22.6. The van der Waals surface area contributed by atoms with E-state index >= 15 is 0 Å². The minimum absolute atomic E-state index is 0.0430. The Kier molecular flexibility index (Phi) is 5.00. The second-order valence-corrected chi connectivity index (χ2v) is 11.9. The Morgan fingerprint density at radius 2 is 1.97 bits per heavy atom. The smallest absolute Gasteiger partial charge is 0.330 e. The average Bonchev–Trinajstić information content (AvgIpc) is 3.16. The summed E-state index contributed by atoms with van der Waals surface area (Å²) in [6.45, 7) is 9.84. The van der Waals surface area contributed by atoms with Crippen molar-refractivity contribution >= 4 is 11.9 Å². The molecular weight excluding hydrogens is 436 g/mol. The highest BCUT2D eigenvalue weighted by Gasteiger charge is 2.84. The van der Waals surface area contributed by atoms with Crippen LogP contribution in [0, 0.1) is 22.7 Å². The van der Waals surface area contributed by atoms with Gasteiger partial charge in [0.15, 0.2) is 0 Å². The molecule has 5 rings (SSSR count). The number of carbonyl (C=O) groups is 2. The number of carbonyl (C=O) groups excluding carboxylic acids is 2. The molecule has 1 saturated heterocycles. The molecule has 8 unspecified atom stereocenters. The Balaban J connectivity index is 1.58. The monoisotopic (exact) mass is 472 g/mol. The Bertz CT molecular complexity index is 1020. The number of rotatable bonds is 4. The zero-order chi connectivity index (χ0) is 24.7. The topological polar surface area (TPSA) is 98.5 Å². The molecule has 8 atom stereocenters. The fraction of sp³-hybridized carbons (Fsp3) is 0.704. The van der Waals surface area contributed by atoms with E-state index in [2.05, 4.69) is 6.92 Å². The van der Waals surface area contributed by atoms with Crippen LogP contribution in [0.1, 0.15) is 71.8 Å². The number of furan rings is 1. The Morgan fingerprint density at radius 1 is 1.24 bits per heavy atom. The van der Waals surface area contributed by atoms with Gasteiger partial charge in [0.05, 0.1) is 37.8 Å². The number of esters is 2. The Hall–Kier alpha value is -2.12. The minimum Gasteiger partial charge on any atom is -0.472 e. The third kappa shape index (κ3) is 2.89. The van der Waals surface area contributed by atoms with Gasteiger partial charge in [-0.1, -0.05) is 19.9 Å². The maximum atomic E-state index is 12.5. The van der Waals surface area contributed by atoms with Crippen LogP contribution in [0.3, 0.4) is 0 Å². The number of hydrogen-bond donors (Lipinski definition) is 1. The molecule has 3 fully saturated rings. The first-order valence-corrected chi connectivity index (χ1v) is 12.2. The third-order valence-electron chi connectivity index (χ3n) is 10.0. The standard InChI is InChI=1S/C27H36O7/c1-23(2)19(14-22(29)31-6)24(3,10-8-21(28)34-23)18-7-11-25(4)17(16-9-12-32-15-16)13-20-27(25,33-20)26(18,5)30/h8-10,12,15,17-20,30H,7,11,13-14H2,1-6H3. The van der Waals surface area contributed by atoms with E-state index in [4.69, 9.17) is 18.6 Å². The van der Waals surface area contributed by atoms with E-state index in [0.717, 1.165) is 24.8 Å². The zero-order valence-electron chi connectivity index (χ0n) is 20.9. The lowest BCUT2D eigenvalue weighted by atomic mass is 9.47. The summed E-state index contributed by atoms with van der Waals surface area (Å²) in [5, 5.41) is 12.4. The van der Waals surface area contributed by atoms with E-state index in [1.165, 1.54) is 13.2 Å². The van der Waals surface area contributed by atoms with Crippen LogP contribution in [-0.2, 0) is 23.8 Å². The molecule has 7 nitrogen and oxygen atoms in total. The average molecular weight is 473 g/mol. The van der Waals surface area contributed by atoms with E-state index in [-0.39, 0.29) is 35.7 Å². The van der Waals surface area contributed by atoms with E-state index < -0.39 is 34.1 Å². The molecule has 0 amide bonds. The van der Waals surface area contributed by atoms with Crippen molar-refractivity contribution in [1.29, 1.82) is 0 Å². The van der Waals surface area contributed by atoms with Gasteiger partial charge in [0.2, 0.25) is 0 Å². The fourth-order valence-corrected chi connectivity index (χ4v) is 8.45. The van der Waals surface area contributed by atoms with Gasteiger partial charge >= 0.3 is 11.9 Å². The highest BCUT2D eigenvalue weighted by molar-refractivity contribution is 5.83. The Labute approximate surface area is 200 Å². The van der Waals surface area contributed by atoms with Crippen LogP contribution < -0.4 is 0 Å². The number of cyclic esters (lactones) is 1. The lowest BCUT2D eigenvalue weighted by Crippen LogP contribution is -2.65. The summed E-state index contributed by atoms with van der Waals surface area (Å²) in [5.41, 5.74) is -2.65. The molecule has 3 heterocycles. The third-order valence-corrected chi connectivity index (χ3v) is 10.0. The summed E-state index contributed by atoms with van der Waals surface area (Å²) in [5.74, 6) is -1.22. The number of methoxy groups -OCH3 is 1. The van der Waals surface area contributed by atoms with Crippen molar-refractivity contribution in [2.24, 2.45) is 22.7 Å². The Morgan fingerprint density at radius 3 is 2.62 bits per heavy atom. The molecule has 2 aliphatic carbocycles. The predicted octanol–water partition coefficient (Wildman–Crippen LogP) is 4.15. The summed E-state index contributed by atoms with van der Waals surface area (Å²) in [6.07, 6.45) is 9.27. The van der Waals surface area contributed by atoms with Crippen LogP contribution in [0.4, 0.5) is 0 Å². The van der Waals surface area contributed by atoms with Crippen molar-refractivity contribution in [3.8, 4) is 0 Å². The lowest BCUT2D eigenvalue weighted by Gasteiger charge is -2.59. The summed E-state index contributed by atoms with van der Waals surface area (Å²) >= 11 is 0. The van der Waals surface area contributed by atoms with E-state index in [1.807, 2.05) is 46.1 Å². The second-order valence-electron chi connectivity index (χ2n) is 11.9. The molecule has 1 spiro atoms. The first-order chi connectivity index (χ1) is 15.8. The van der Waals surface area contributed by atoms with Crippen LogP contribution in [0.15, 0.2) is 35.2 Å².